The number of carbonyl (C=O) groups excluding carboxylic acids is 1. The number of carbonyl (C=O) groups is 1. The minimum atomic E-state index is -4.83. The molecular formula is C19H37NaO5S. The number of aliphatic hydroxyl groups is 1. The molecule has 7 heteroatoms. The second kappa shape index (κ2) is 16.5. The molecule has 0 aliphatic heterocycles. The molecular weight excluding hydrogens is 363 g/mol. The molecule has 0 spiro atoms. The second-order valence-corrected chi connectivity index (χ2v) is 9.07. The molecule has 0 aliphatic carbocycles. The van der Waals surface area contributed by atoms with Crippen LogP contribution >= 0.6 is 0 Å². The average molecular weight is 401 g/mol. The van der Waals surface area contributed by atoms with E-state index in [1.54, 1.807) is 0 Å². The quantitative estimate of drug-likeness (QED) is 0.226. The Morgan fingerprint density at radius 2 is 1.19 bits per heavy atom. The van der Waals surface area contributed by atoms with Gasteiger partial charge in [0.05, 0.1) is 6.61 Å². The van der Waals surface area contributed by atoms with Gasteiger partial charge >= 0.3 is 29.6 Å². The van der Waals surface area contributed by atoms with Crippen molar-refractivity contribution in [2.45, 2.75) is 108 Å². The van der Waals surface area contributed by atoms with Crippen LogP contribution in [0.5, 0.6) is 0 Å². The van der Waals surface area contributed by atoms with E-state index in [2.05, 4.69) is 6.92 Å². The molecule has 0 radical (unpaired) electrons. The third-order valence-electron chi connectivity index (χ3n) is 4.95. The third-order valence-corrected chi connectivity index (χ3v) is 6.41. The van der Waals surface area contributed by atoms with Crippen LogP contribution in [0.3, 0.4) is 0 Å². The monoisotopic (exact) mass is 400 g/mol. The first-order valence-corrected chi connectivity index (χ1v) is 11.3. The molecule has 0 aromatic heterocycles. The van der Waals surface area contributed by atoms with Crippen LogP contribution in [-0.2, 0) is 14.9 Å². The summed E-state index contributed by atoms with van der Waals surface area (Å²) in [5.74, 6) is -0.673. The molecule has 0 amide bonds. The van der Waals surface area contributed by atoms with Crippen LogP contribution in [0, 0.1) is 0 Å². The summed E-state index contributed by atoms with van der Waals surface area (Å²) < 4.78 is 31.2. The van der Waals surface area contributed by atoms with E-state index in [0.29, 0.717) is 6.42 Å². The zero-order valence-corrected chi connectivity index (χ0v) is 19.9. The van der Waals surface area contributed by atoms with Crippen LogP contribution in [0.15, 0.2) is 0 Å². The first-order chi connectivity index (χ1) is 11.8. The summed E-state index contributed by atoms with van der Waals surface area (Å²) in [6.07, 6.45) is 15.4. The number of unbranched alkanes of at least 4 members (excludes halogenated alkanes) is 12. The van der Waals surface area contributed by atoms with Crippen LogP contribution in [0.25, 0.3) is 0 Å². The van der Waals surface area contributed by atoms with E-state index < -0.39 is 27.3 Å². The third kappa shape index (κ3) is 12.1. The molecule has 0 heterocycles. The summed E-state index contributed by atoms with van der Waals surface area (Å²) in [6, 6.07) is 0. The van der Waals surface area contributed by atoms with Crippen LogP contribution in [-0.4, -0.2) is 35.2 Å². The van der Waals surface area contributed by atoms with Crippen LogP contribution in [0.4, 0.5) is 0 Å². The van der Waals surface area contributed by atoms with Gasteiger partial charge in [-0.3, -0.25) is 4.79 Å². The Balaban J connectivity index is 0. The molecule has 0 saturated carbocycles. The fourth-order valence-corrected chi connectivity index (χ4v) is 3.41. The SMILES string of the molecule is CCCCCCCCCCCCCCCC(=O)C(C)(CO)S(=O)(=O)[O-].[Na+]. The maximum Gasteiger partial charge on any atom is 1.00 e. The predicted molar refractivity (Wildman–Crippen MR) is 101 cm³/mol. The maximum absolute atomic E-state index is 11.9. The van der Waals surface area contributed by atoms with E-state index in [4.69, 9.17) is 5.11 Å². The summed E-state index contributed by atoms with van der Waals surface area (Å²) in [5.41, 5.74) is 0. The number of hydrogen-bond donors (Lipinski definition) is 1. The molecule has 0 aliphatic rings. The fraction of sp³-hybridized carbons (Fsp3) is 0.947. The Hall–Kier alpha value is 0.540. The van der Waals surface area contributed by atoms with E-state index >= 15 is 0 Å². The van der Waals surface area contributed by atoms with Crippen LogP contribution in [0.2, 0.25) is 0 Å². The second-order valence-electron chi connectivity index (χ2n) is 7.26. The van der Waals surface area contributed by atoms with Crippen LogP contribution in [0.1, 0.15) is 104 Å². The summed E-state index contributed by atoms with van der Waals surface area (Å²) in [7, 11) is -4.83. The molecule has 26 heavy (non-hydrogen) atoms. The number of Topliss-reactive ketones (excluding diaryl/α,β-unsaturated/α-hetero) is 1. The van der Waals surface area contributed by atoms with Crippen molar-refractivity contribution < 1.29 is 52.4 Å². The number of aliphatic hydroxyl groups excluding tert-OH is 1. The van der Waals surface area contributed by atoms with Crippen molar-refractivity contribution in [3.8, 4) is 0 Å². The molecule has 1 N–H and O–H groups in total. The van der Waals surface area contributed by atoms with Crippen molar-refractivity contribution in [1.29, 1.82) is 0 Å². The van der Waals surface area contributed by atoms with Gasteiger partial charge in [0, 0.05) is 6.42 Å². The first-order valence-electron chi connectivity index (χ1n) is 9.89. The van der Waals surface area contributed by atoms with Gasteiger partial charge in [0.25, 0.3) is 0 Å². The molecule has 1 atom stereocenters. The van der Waals surface area contributed by atoms with Gasteiger partial charge < -0.3 is 9.66 Å². The summed E-state index contributed by atoms with van der Waals surface area (Å²) in [6.45, 7) is 2.29. The first kappa shape index (κ1) is 28.7. The van der Waals surface area contributed by atoms with Gasteiger partial charge in [0.2, 0.25) is 0 Å². The predicted octanol–water partition coefficient (Wildman–Crippen LogP) is 1.34. The molecule has 0 rings (SSSR count). The number of rotatable bonds is 17. The molecule has 0 fully saturated rings. The van der Waals surface area contributed by atoms with Crippen molar-refractivity contribution >= 4 is 15.9 Å². The fourth-order valence-electron chi connectivity index (χ4n) is 2.87. The smallest absolute Gasteiger partial charge is 0.747 e. The molecule has 0 saturated heterocycles. The maximum atomic E-state index is 11.9. The normalized spacial score (nSPS) is 13.8. The number of ketones is 1. The Kier molecular flexibility index (Phi) is 18.2. The molecule has 0 aromatic rings. The molecule has 5 nitrogen and oxygen atoms in total. The van der Waals surface area contributed by atoms with E-state index in [1.165, 1.54) is 57.8 Å². The van der Waals surface area contributed by atoms with Crippen molar-refractivity contribution in [2.75, 3.05) is 6.61 Å². The van der Waals surface area contributed by atoms with Crippen molar-refractivity contribution in [3.63, 3.8) is 0 Å². The van der Waals surface area contributed by atoms with E-state index in [1.807, 2.05) is 0 Å². The van der Waals surface area contributed by atoms with Gasteiger partial charge in [-0.15, -0.1) is 0 Å². The Morgan fingerprint density at radius 3 is 1.50 bits per heavy atom. The van der Waals surface area contributed by atoms with Crippen molar-refractivity contribution in [2.24, 2.45) is 0 Å². The minimum absolute atomic E-state index is 0. The summed E-state index contributed by atoms with van der Waals surface area (Å²) in [5, 5.41) is 9.10. The summed E-state index contributed by atoms with van der Waals surface area (Å²) >= 11 is 0. The van der Waals surface area contributed by atoms with Gasteiger partial charge in [-0.05, 0) is 13.3 Å². The van der Waals surface area contributed by atoms with Crippen molar-refractivity contribution in [3.05, 3.63) is 0 Å². The van der Waals surface area contributed by atoms with Crippen LogP contribution < -0.4 is 29.6 Å². The van der Waals surface area contributed by atoms with E-state index in [0.717, 1.165) is 26.2 Å². The van der Waals surface area contributed by atoms with Gasteiger partial charge in [0.15, 0.2) is 5.78 Å². The molecule has 0 aromatic carbocycles. The van der Waals surface area contributed by atoms with Crippen molar-refractivity contribution in [1.82, 2.24) is 0 Å². The standard InChI is InChI=1S/C19H38O5S.Na/c1-3-4-5-6-7-8-9-10-11-12-13-14-15-16-18(21)19(2,17-20)25(22,23)24;/h20H,3-17H2,1-2H3,(H,22,23,24);/q;+1/p-1. The topological polar surface area (TPSA) is 94.5 Å². The minimum Gasteiger partial charge on any atom is -0.747 e. The van der Waals surface area contributed by atoms with Gasteiger partial charge in [0.1, 0.15) is 14.9 Å². The number of hydrogen-bond acceptors (Lipinski definition) is 5. The molecule has 0 bridgehead atoms. The summed E-state index contributed by atoms with van der Waals surface area (Å²) in [4.78, 5) is 11.9. The van der Waals surface area contributed by atoms with Gasteiger partial charge in [-0.2, -0.15) is 0 Å². The Labute approximate surface area is 182 Å². The molecule has 150 valence electrons. The Morgan fingerprint density at radius 1 is 0.846 bits per heavy atom. The largest absolute Gasteiger partial charge is 1.00 e. The zero-order chi connectivity index (χ0) is 19.2. The van der Waals surface area contributed by atoms with Gasteiger partial charge in [-0.1, -0.05) is 84.0 Å². The zero-order valence-electron chi connectivity index (χ0n) is 17.1. The van der Waals surface area contributed by atoms with Gasteiger partial charge in [-0.25, -0.2) is 8.42 Å². The van der Waals surface area contributed by atoms with E-state index in [-0.39, 0.29) is 36.0 Å². The van der Waals surface area contributed by atoms with E-state index in [9.17, 15) is 17.8 Å². The Bertz CT molecular complexity index is 453. The molecule has 1 unspecified atom stereocenters. The average Bonchev–Trinajstić information content (AvgIpc) is 2.56.